The third-order valence-corrected chi connectivity index (χ3v) is 5.72. The van der Waals surface area contributed by atoms with Crippen LogP contribution in [-0.2, 0) is 9.59 Å². The second-order valence-electron chi connectivity index (χ2n) is 7.76. The summed E-state index contributed by atoms with van der Waals surface area (Å²) in [6.45, 7) is 2.16. The van der Waals surface area contributed by atoms with E-state index in [1.807, 2.05) is 30.9 Å². The third kappa shape index (κ3) is 3.69. The molecular formula is C17H30N4O2. The van der Waals surface area contributed by atoms with Crippen molar-refractivity contribution in [3.63, 3.8) is 0 Å². The van der Waals surface area contributed by atoms with Gasteiger partial charge in [-0.25, -0.2) is 0 Å². The number of hydrogen-bond acceptors (Lipinski definition) is 4. The van der Waals surface area contributed by atoms with Crippen molar-refractivity contribution in [1.29, 1.82) is 0 Å². The molecule has 3 rings (SSSR count). The number of rotatable bonds is 5. The quantitative estimate of drug-likeness (QED) is 0.782. The lowest BCUT2D eigenvalue weighted by molar-refractivity contribution is -0.137. The Hall–Kier alpha value is -1.14. The number of carbonyl (C=O) groups is 2. The highest BCUT2D eigenvalue weighted by Gasteiger charge is 2.40. The van der Waals surface area contributed by atoms with Gasteiger partial charge in [0.15, 0.2) is 0 Å². The molecule has 6 nitrogen and oxygen atoms in total. The third-order valence-electron chi connectivity index (χ3n) is 5.72. The molecular weight excluding hydrogens is 292 g/mol. The molecule has 6 heteroatoms. The number of fused-ring (bicyclic) bond motifs is 2. The van der Waals surface area contributed by atoms with Crippen LogP contribution in [0.15, 0.2) is 0 Å². The molecule has 0 spiro atoms. The van der Waals surface area contributed by atoms with Crippen LogP contribution in [0.2, 0.25) is 0 Å². The number of amides is 2. The molecule has 3 aliphatic heterocycles. The van der Waals surface area contributed by atoms with Gasteiger partial charge in [-0.2, -0.15) is 0 Å². The molecule has 3 atom stereocenters. The Morgan fingerprint density at radius 3 is 2.48 bits per heavy atom. The smallest absolute Gasteiger partial charge is 0.227 e. The van der Waals surface area contributed by atoms with Crippen LogP contribution in [0.3, 0.4) is 0 Å². The Bertz CT molecular complexity index is 456. The van der Waals surface area contributed by atoms with Gasteiger partial charge in [0.05, 0.1) is 5.92 Å². The van der Waals surface area contributed by atoms with Crippen LogP contribution >= 0.6 is 0 Å². The summed E-state index contributed by atoms with van der Waals surface area (Å²) in [4.78, 5) is 30.8. The molecule has 0 aromatic heterocycles. The zero-order valence-electron chi connectivity index (χ0n) is 14.6. The van der Waals surface area contributed by atoms with Crippen LogP contribution in [0.25, 0.3) is 0 Å². The van der Waals surface area contributed by atoms with Crippen LogP contribution in [0, 0.1) is 5.92 Å². The predicted octanol–water partition coefficient (Wildman–Crippen LogP) is 0.138. The molecule has 2 bridgehead atoms. The van der Waals surface area contributed by atoms with Gasteiger partial charge in [0.1, 0.15) is 0 Å². The van der Waals surface area contributed by atoms with E-state index in [1.165, 1.54) is 12.8 Å². The summed E-state index contributed by atoms with van der Waals surface area (Å²) in [6, 6.07) is 1.50. The Balaban J connectivity index is 1.54. The summed E-state index contributed by atoms with van der Waals surface area (Å²) in [5.74, 6) is 0.142. The average molecular weight is 322 g/mol. The summed E-state index contributed by atoms with van der Waals surface area (Å²) in [5, 5.41) is 3.62. The second kappa shape index (κ2) is 6.77. The minimum absolute atomic E-state index is 0.129. The van der Waals surface area contributed by atoms with Crippen LogP contribution in [-0.4, -0.2) is 85.4 Å². The maximum atomic E-state index is 12.8. The van der Waals surface area contributed by atoms with Gasteiger partial charge in [0.25, 0.3) is 0 Å². The molecule has 130 valence electrons. The summed E-state index contributed by atoms with van der Waals surface area (Å²) in [7, 11) is 5.94. The van der Waals surface area contributed by atoms with E-state index in [0.29, 0.717) is 31.1 Å². The minimum atomic E-state index is -0.151. The SMILES string of the molecule is CN(C)CCN1CC(C(=O)N(C)C2CC3CCC(C2)N3)CC1=O. The van der Waals surface area contributed by atoms with Crippen LogP contribution < -0.4 is 5.32 Å². The van der Waals surface area contributed by atoms with Crippen molar-refractivity contribution in [2.75, 3.05) is 40.8 Å². The van der Waals surface area contributed by atoms with E-state index in [2.05, 4.69) is 10.2 Å². The zero-order valence-corrected chi connectivity index (χ0v) is 14.6. The molecule has 0 aliphatic carbocycles. The highest BCUT2D eigenvalue weighted by atomic mass is 16.2. The molecule has 3 saturated heterocycles. The molecule has 3 heterocycles. The number of carbonyl (C=O) groups excluding carboxylic acids is 2. The summed E-state index contributed by atoms with van der Waals surface area (Å²) in [6.07, 6.45) is 4.98. The van der Waals surface area contributed by atoms with Crippen molar-refractivity contribution in [2.45, 2.75) is 50.2 Å². The number of nitrogens with one attached hydrogen (secondary N) is 1. The van der Waals surface area contributed by atoms with Crippen molar-refractivity contribution < 1.29 is 9.59 Å². The van der Waals surface area contributed by atoms with Gasteiger partial charge < -0.3 is 20.0 Å². The maximum Gasteiger partial charge on any atom is 0.227 e. The van der Waals surface area contributed by atoms with Gasteiger partial charge >= 0.3 is 0 Å². The molecule has 0 aromatic carbocycles. The van der Waals surface area contributed by atoms with Gasteiger partial charge in [0, 0.05) is 51.2 Å². The molecule has 3 fully saturated rings. The van der Waals surface area contributed by atoms with Crippen LogP contribution in [0.5, 0.6) is 0 Å². The minimum Gasteiger partial charge on any atom is -0.342 e. The maximum absolute atomic E-state index is 12.8. The first-order valence-electron chi connectivity index (χ1n) is 8.89. The molecule has 0 aromatic rings. The first-order chi connectivity index (χ1) is 10.9. The van der Waals surface area contributed by atoms with Gasteiger partial charge in [0.2, 0.25) is 11.8 Å². The Morgan fingerprint density at radius 1 is 1.22 bits per heavy atom. The van der Waals surface area contributed by atoms with Gasteiger partial charge in [-0.1, -0.05) is 0 Å². The fourth-order valence-electron chi connectivity index (χ4n) is 4.29. The lowest BCUT2D eigenvalue weighted by Gasteiger charge is -2.36. The van der Waals surface area contributed by atoms with E-state index in [0.717, 1.165) is 25.9 Å². The zero-order chi connectivity index (χ0) is 16.6. The molecule has 3 aliphatic rings. The number of piperidine rings is 1. The van der Waals surface area contributed by atoms with E-state index >= 15 is 0 Å². The number of likely N-dealkylation sites (N-methyl/N-ethyl adjacent to an activating group) is 1. The fourth-order valence-corrected chi connectivity index (χ4v) is 4.29. The van der Waals surface area contributed by atoms with Gasteiger partial charge in [-0.15, -0.1) is 0 Å². The molecule has 0 radical (unpaired) electrons. The number of likely N-dealkylation sites (tertiary alicyclic amines) is 1. The largest absolute Gasteiger partial charge is 0.342 e. The topological polar surface area (TPSA) is 55.9 Å². The molecule has 1 N–H and O–H groups in total. The van der Waals surface area contributed by atoms with E-state index in [1.54, 1.807) is 0 Å². The summed E-state index contributed by atoms with van der Waals surface area (Å²) >= 11 is 0. The van der Waals surface area contributed by atoms with Gasteiger partial charge in [-0.3, -0.25) is 9.59 Å². The standard InChI is InChI=1S/C17H30N4O2/c1-19(2)6-7-21-11-12(8-16(21)22)17(23)20(3)15-9-13-4-5-14(10-15)18-13/h12-15,18H,4-11H2,1-3H3. The number of nitrogens with zero attached hydrogens (tertiary/aromatic N) is 3. The van der Waals surface area contributed by atoms with Crippen LogP contribution in [0.4, 0.5) is 0 Å². The van der Waals surface area contributed by atoms with Crippen molar-refractivity contribution in [3.8, 4) is 0 Å². The molecule has 23 heavy (non-hydrogen) atoms. The van der Waals surface area contributed by atoms with E-state index in [4.69, 9.17) is 0 Å². The lowest BCUT2D eigenvalue weighted by atomic mass is 9.97. The Labute approximate surface area is 139 Å². The highest BCUT2D eigenvalue weighted by molar-refractivity contribution is 5.89. The Morgan fingerprint density at radius 2 is 1.87 bits per heavy atom. The van der Waals surface area contributed by atoms with Gasteiger partial charge in [-0.05, 0) is 39.8 Å². The first-order valence-corrected chi connectivity index (χ1v) is 8.89. The predicted molar refractivity (Wildman–Crippen MR) is 89.0 cm³/mol. The monoisotopic (exact) mass is 322 g/mol. The highest BCUT2D eigenvalue weighted by Crippen LogP contribution is 2.30. The van der Waals surface area contributed by atoms with E-state index < -0.39 is 0 Å². The fraction of sp³-hybridized carbons (Fsp3) is 0.882. The molecule has 3 unspecified atom stereocenters. The second-order valence-corrected chi connectivity index (χ2v) is 7.76. The van der Waals surface area contributed by atoms with E-state index in [-0.39, 0.29) is 17.7 Å². The first kappa shape index (κ1) is 16.7. The number of hydrogen-bond donors (Lipinski definition) is 1. The van der Waals surface area contributed by atoms with E-state index in [9.17, 15) is 9.59 Å². The summed E-state index contributed by atoms with van der Waals surface area (Å²) in [5.41, 5.74) is 0. The average Bonchev–Trinajstić information content (AvgIpc) is 3.05. The Kier molecular flexibility index (Phi) is 4.92. The van der Waals surface area contributed by atoms with Crippen molar-refractivity contribution >= 4 is 11.8 Å². The van der Waals surface area contributed by atoms with Crippen molar-refractivity contribution in [1.82, 2.24) is 20.0 Å². The normalized spacial score (nSPS) is 33.6. The van der Waals surface area contributed by atoms with Crippen molar-refractivity contribution in [3.05, 3.63) is 0 Å². The lowest BCUT2D eigenvalue weighted by Crippen LogP contribution is -2.50. The molecule has 0 saturated carbocycles. The van der Waals surface area contributed by atoms with Crippen LogP contribution in [0.1, 0.15) is 32.1 Å². The van der Waals surface area contributed by atoms with Crippen molar-refractivity contribution in [2.24, 2.45) is 5.92 Å². The molecule has 2 amide bonds. The summed E-state index contributed by atoms with van der Waals surface area (Å²) < 4.78 is 0.